The first kappa shape index (κ1) is 12.9. The van der Waals surface area contributed by atoms with E-state index in [1.165, 1.54) is 6.26 Å². The van der Waals surface area contributed by atoms with E-state index in [0.717, 1.165) is 15.4 Å². The molecule has 0 bridgehead atoms. The number of fused-ring (bicyclic) bond motifs is 1. The molecule has 20 heavy (non-hydrogen) atoms. The average molecular weight is 336 g/mol. The van der Waals surface area contributed by atoms with Crippen molar-refractivity contribution in [2.24, 2.45) is 0 Å². The number of amides is 1. The highest BCUT2D eigenvalue weighted by Crippen LogP contribution is 2.23. The van der Waals surface area contributed by atoms with E-state index in [4.69, 9.17) is 9.05 Å². The molecule has 0 fully saturated rings. The molecule has 0 saturated carbocycles. The summed E-state index contributed by atoms with van der Waals surface area (Å²) >= 11 is 3.38. The van der Waals surface area contributed by atoms with Crippen molar-refractivity contribution in [1.29, 1.82) is 0 Å². The number of carbonyl (C=O) groups is 1. The molecular formula is C13H10BrN3O3. The topological polar surface area (TPSA) is 81.2 Å². The van der Waals surface area contributed by atoms with Crippen LogP contribution in [-0.4, -0.2) is 16.2 Å². The Balaban J connectivity index is 1.81. The van der Waals surface area contributed by atoms with Crippen LogP contribution in [0.5, 0.6) is 0 Å². The minimum atomic E-state index is -0.225. The number of hydrogen-bond donors (Lipinski definition) is 1. The maximum absolute atomic E-state index is 12.0. The number of halogens is 1. The summed E-state index contributed by atoms with van der Waals surface area (Å²) in [4.78, 5) is 12.0. The lowest BCUT2D eigenvalue weighted by atomic mass is 10.1. The van der Waals surface area contributed by atoms with Gasteiger partial charge in [0.05, 0.1) is 6.42 Å². The molecule has 0 aliphatic rings. The van der Waals surface area contributed by atoms with Crippen LogP contribution in [0, 0.1) is 6.92 Å². The zero-order chi connectivity index (χ0) is 14.1. The molecule has 2 aromatic heterocycles. The molecule has 1 aromatic carbocycles. The van der Waals surface area contributed by atoms with Gasteiger partial charge in [0.1, 0.15) is 12.0 Å². The van der Waals surface area contributed by atoms with E-state index in [-0.39, 0.29) is 12.3 Å². The molecule has 0 aliphatic heterocycles. The fourth-order valence-corrected chi connectivity index (χ4v) is 2.19. The molecule has 0 radical (unpaired) electrons. The largest absolute Gasteiger partial charge is 0.362 e. The standard InChI is InChI=1S/C13H10BrN3O3/c1-7-6-19-17-13(7)15-12(18)5-10-9-4-8(14)2-3-11(9)20-16-10/h2-4,6H,5H2,1H3,(H,15,17,18). The van der Waals surface area contributed by atoms with Gasteiger partial charge in [-0.15, -0.1) is 0 Å². The molecule has 0 spiro atoms. The number of anilines is 1. The number of nitrogens with zero attached hydrogens (tertiary/aromatic N) is 2. The quantitative estimate of drug-likeness (QED) is 0.795. The SMILES string of the molecule is Cc1conc1NC(=O)Cc1noc2ccc(Br)cc12. The van der Waals surface area contributed by atoms with Gasteiger partial charge in [0.25, 0.3) is 0 Å². The van der Waals surface area contributed by atoms with Crippen molar-refractivity contribution < 1.29 is 13.8 Å². The molecule has 3 aromatic rings. The Labute approximate surface area is 122 Å². The minimum Gasteiger partial charge on any atom is -0.362 e. The summed E-state index contributed by atoms with van der Waals surface area (Å²) in [6, 6.07) is 5.53. The van der Waals surface area contributed by atoms with Crippen molar-refractivity contribution >= 4 is 38.6 Å². The molecule has 102 valence electrons. The van der Waals surface area contributed by atoms with Crippen LogP contribution in [0.2, 0.25) is 0 Å². The third-order valence-corrected chi connectivity index (χ3v) is 3.33. The summed E-state index contributed by atoms with van der Waals surface area (Å²) < 4.78 is 10.8. The van der Waals surface area contributed by atoms with E-state index in [1.54, 1.807) is 13.0 Å². The van der Waals surface area contributed by atoms with Gasteiger partial charge in [-0.2, -0.15) is 0 Å². The Kier molecular flexibility index (Phi) is 3.27. The Bertz CT molecular complexity index is 778. The number of benzene rings is 1. The van der Waals surface area contributed by atoms with Gasteiger partial charge in [0.2, 0.25) is 5.91 Å². The number of aryl methyl sites for hydroxylation is 1. The van der Waals surface area contributed by atoms with E-state index < -0.39 is 0 Å². The molecule has 0 unspecified atom stereocenters. The lowest BCUT2D eigenvalue weighted by Crippen LogP contribution is -2.15. The second kappa shape index (κ2) is 5.09. The Morgan fingerprint density at radius 1 is 1.40 bits per heavy atom. The number of rotatable bonds is 3. The normalized spacial score (nSPS) is 10.9. The molecule has 1 N–H and O–H groups in total. The first-order valence-electron chi connectivity index (χ1n) is 5.88. The lowest BCUT2D eigenvalue weighted by molar-refractivity contribution is -0.115. The zero-order valence-corrected chi connectivity index (χ0v) is 12.1. The maximum Gasteiger partial charge on any atom is 0.231 e. The first-order valence-corrected chi connectivity index (χ1v) is 6.67. The van der Waals surface area contributed by atoms with Crippen molar-refractivity contribution in [3.05, 3.63) is 40.2 Å². The summed E-state index contributed by atoms with van der Waals surface area (Å²) in [5.41, 5.74) is 2.00. The molecule has 0 aliphatic carbocycles. The first-order chi connectivity index (χ1) is 9.63. The van der Waals surface area contributed by atoms with E-state index in [1.807, 2.05) is 12.1 Å². The van der Waals surface area contributed by atoms with Gasteiger partial charge < -0.3 is 14.4 Å². The average Bonchev–Trinajstić information content (AvgIpc) is 2.98. The molecule has 0 atom stereocenters. The molecule has 1 amide bonds. The molecule has 2 heterocycles. The van der Waals surface area contributed by atoms with Gasteiger partial charge in [0, 0.05) is 15.4 Å². The highest BCUT2D eigenvalue weighted by atomic mass is 79.9. The predicted molar refractivity (Wildman–Crippen MR) is 75.3 cm³/mol. The van der Waals surface area contributed by atoms with Crippen molar-refractivity contribution in [1.82, 2.24) is 10.3 Å². The Hall–Kier alpha value is -2.15. The van der Waals surface area contributed by atoms with Gasteiger partial charge in [-0.1, -0.05) is 26.2 Å². The predicted octanol–water partition coefficient (Wildman–Crippen LogP) is 3.07. The van der Waals surface area contributed by atoms with Crippen LogP contribution in [0.4, 0.5) is 5.82 Å². The second-order valence-corrected chi connectivity index (χ2v) is 5.26. The monoisotopic (exact) mass is 335 g/mol. The summed E-state index contributed by atoms with van der Waals surface area (Å²) in [5.74, 6) is 0.196. The molecule has 3 rings (SSSR count). The van der Waals surface area contributed by atoms with Gasteiger partial charge >= 0.3 is 0 Å². The van der Waals surface area contributed by atoms with Crippen LogP contribution in [0.15, 0.2) is 38.0 Å². The summed E-state index contributed by atoms with van der Waals surface area (Å²) in [7, 11) is 0. The van der Waals surface area contributed by atoms with Crippen LogP contribution in [-0.2, 0) is 11.2 Å². The van der Waals surface area contributed by atoms with Gasteiger partial charge in [-0.25, -0.2) is 0 Å². The minimum absolute atomic E-state index is 0.107. The highest BCUT2D eigenvalue weighted by Gasteiger charge is 2.14. The van der Waals surface area contributed by atoms with E-state index >= 15 is 0 Å². The van der Waals surface area contributed by atoms with E-state index in [9.17, 15) is 4.79 Å². The van der Waals surface area contributed by atoms with Crippen molar-refractivity contribution in [2.45, 2.75) is 13.3 Å². The number of hydrogen-bond acceptors (Lipinski definition) is 5. The lowest BCUT2D eigenvalue weighted by Gasteiger charge is -2.00. The molecule has 7 heteroatoms. The van der Waals surface area contributed by atoms with Crippen LogP contribution < -0.4 is 5.32 Å². The van der Waals surface area contributed by atoms with Crippen LogP contribution >= 0.6 is 15.9 Å². The third kappa shape index (κ3) is 2.44. The number of carbonyl (C=O) groups excluding carboxylic acids is 1. The number of nitrogens with one attached hydrogen (secondary N) is 1. The third-order valence-electron chi connectivity index (χ3n) is 2.84. The molecule has 0 saturated heterocycles. The fraction of sp³-hybridized carbons (Fsp3) is 0.154. The smallest absolute Gasteiger partial charge is 0.231 e. The van der Waals surface area contributed by atoms with Gasteiger partial charge in [0.15, 0.2) is 11.4 Å². The Morgan fingerprint density at radius 3 is 3.00 bits per heavy atom. The molecular weight excluding hydrogens is 326 g/mol. The van der Waals surface area contributed by atoms with Gasteiger partial charge in [-0.05, 0) is 25.1 Å². The van der Waals surface area contributed by atoms with E-state index in [0.29, 0.717) is 17.1 Å². The summed E-state index contributed by atoms with van der Waals surface area (Å²) in [6.45, 7) is 1.80. The van der Waals surface area contributed by atoms with Crippen LogP contribution in [0.1, 0.15) is 11.3 Å². The van der Waals surface area contributed by atoms with Crippen LogP contribution in [0.3, 0.4) is 0 Å². The van der Waals surface area contributed by atoms with E-state index in [2.05, 4.69) is 31.6 Å². The second-order valence-electron chi connectivity index (χ2n) is 4.34. The molecule has 6 nitrogen and oxygen atoms in total. The Morgan fingerprint density at radius 2 is 2.25 bits per heavy atom. The van der Waals surface area contributed by atoms with Crippen molar-refractivity contribution in [2.75, 3.05) is 5.32 Å². The maximum atomic E-state index is 12.0. The summed E-state index contributed by atoms with van der Waals surface area (Å²) in [5, 5.41) is 11.1. The highest BCUT2D eigenvalue weighted by molar-refractivity contribution is 9.10. The van der Waals surface area contributed by atoms with Gasteiger partial charge in [-0.3, -0.25) is 4.79 Å². The van der Waals surface area contributed by atoms with Crippen molar-refractivity contribution in [3.63, 3.8) is 0 Å². The van der Waals surface area contributed by atoms with Crippen molar-refractivity contribution in [3.8, 4) is 0 Å². The fourth-order valence-electron chi connectivity index (χ4n) is 1.82. The van der Waals surface area contributed by atoms with Crippen LogP contribution in [0.25, 0.3) is 11.0 Å². The number of aromatic nitrogens is 2. The summed E-state index contributed by atoms with van der Waals surface area (Å²) in [6.07, 6.45) is 1.58. The zero-order valence-electron chi connectivity index (χ0n) is 10.5.